The van der Waals surface area contributed by atoms with E-state index in [9.17, 15) is 0 Å². The lowest BCUT2D eigenvalue weighted by Gasteiger charge is -2.47. The van der Waals surface area contributed by atoms with Crippen molar-refractivity contribution in [1.29, 1.82) is 0 Å². The van der Waals surface area contributed by atoms with Crippen LogP contribution in [0.1, 0.15) is 58.8 Å². The van der Waals surface area contributed by atoms with Crippen LogP contribution in [-0.4, -0.2) is 24.3 Å². The van der Waals surface area contributed by atoms with Gasteiger partial charge in [-0.25, -0.2) is 0 Å². The summed E-state index contributed by atoms with van der Waals surface area (Å²) in [6.45, 7) is 6.58. The van der Waals surface area contributed by atoms with Crippen LogP contribution in [0.5, 0.6) is 0 Å². The van der Waals surface area contributed by atoms with Gasteiger partial charge in [0.15, 0.2) is 0 Å². The highest BCUT2D eigenvalue weighted by molar-refractivity contribution is 4.95. The Kier molecular flexibility index (Phi) is 3.36. The molecule has 2 heteroatoms. The Balaban J connectivity index is 2.06. The summed E-state index contributed by atoms with van der Waals surface area (Å²) in [5, 5.41) is 3.59. The fourth-order valence-corrected chi connectivity index (χ4v) is 3.00. The molecule has 1 aliphatic carbocycles. The lowest BCUT2D eigenvalue weighted by Crippen LogP contribution is -2.58. The third kappa shape index (κ3) is 2.54. The molecule has 0 aromatic carbocycles. The molecule has 2 rings (SSSR count). The van der Waals surface area contributed by atoms with Gasteiger partial charge in [-0.05, 0) is 26.2 Å². The minimum Gasteiger partial charge on any atom is -0.366 e. The first kappa shape index (κ1) is 11.4. The van der Waals surface area contributed by atoms with Crippen LogP contribution in [0.25, 0.3) is 0 Å². The molecule has 2 aliphatic rings. The molecular formula is C13H25NO. The molecule has 1 spiro atoms. The van der Waals surface area contributed by atoms with Gasteiger partial charge in [-0.2, -0.15) is 0 Å². The van der Waals surface area contributed by atoms with Crippen molar-refractivity contribution in [2.75, 3.05) is 13.1 Å². The van der Waals surface area contributed by atoms with Crippen LogP contribution in [0.15, 0.2) is 0 Å². The van der Waals surface area contributed by atoms with E-state index < -0.39 is 0 Å². The quantitative estimate of drug-likeness (QED) is 0.720. The van der Waals surface area contributed by atoms with Gasteiger partial charge in [0.25, 0.3) is 0 Å². The average Bonchev–Trinajstić information content (AvgIpc) is 2.44. The van der Waals surface area contributed by atoms with Crippen LogP contribution >= 0.6 is 0 Å². The van der Waals surface area contributed by atoms with Crippen molar-refractivity contribution >= 4 is 0 Å². The molecule has 2 nitrogen and oxygen atoms in total. The van der Waals surface area contributed by atoms with Crippen molar-refractivity contribution in [2.24, 2.45) is 0 Å². The molecule has 0 bridgehead atoms. The molecule has 1 N–H and O–H groups in total. The predicted octanol–water partition coefficient (Wildman–Crippen LogP) is 2.87. The van der Waals surface area contributed by atoms with Crippen LogP contribution in [-0.2, 0) is 4.74 Å². The lowest BCUT2D eigenvalue weighted by molar-refractivity contribution is -0.177. The fraction of sp³-hybridized carbons (Fsp3) is 1.00. The monoisotopic (exact) mass is 211 g/mol. The van der Waals surface area contributed by atoms with Crippen LogP contribution in [0.3, 0.4) is 0 Å². The number of hydrogen-bond donors (Lipinski definition) is 1. The molecule has 15 heavy (non-hydrogen) atoms. The van der Waals surface area contributed by atoms with E-state index in [4.69, 9.17) is 4.74 Å². The van der Waals surface area contributed by atoms with Gasteiger partial charge < -0.3 is 10.1 Å². The Hall–Kier alpha value is -0.0800. The molecular weight excluding hydrogens is 186 g/mol. The maximum Gasteiger partial charge on any atom is 0.0814 e. The number of hydrogen-bond acceptors (Lipinski definition) is 2. The largest absolute Gasteiger partial charge is 0.366 e. The van der Waals surface area contributed by atoms with Crippen LogP contribution in [0.4, 0.5) is 0 Å². The summed E-state index contributed by atoms with van der Waals surface area (Å²) in [7, 11) is 0. The first-order valence-electron chi connectivity index (χ1n) is 6.59. The van der Waals surface area contributed by atoms with Gasteiger partial charge >= 0.3 is 0 Å². The number of nitrogens with one attached hydrogen (secondary N) is 1. The van der Waals surface area contributed by atoms with E-state index in [2.05, 4.69) is 19.2 Å². The molecule has 0 amide bonds. The molecule has 1 saturated carbocycles. The molecule has 1 heterocycles. The van der Waals surface area contributed by atoms with Gasteiger partial charge in [0.2, 0.25) is 0 Å². The van der Waals surface area contributed by atoms with Gasteiger partial charge in [-0.1, -0.05) is 32.6 Å². The summed E-state index contributed by atoms with van der Waals surface area (Å²) in [5.74, 6) is 0. The van der Waals surface area contributed by atoms with Crippen molar-refractivity contribution in [3.05, 3.63) is 0 Å². The zero-order chi connectivity index (χ0) is 10.8. The van der Waals surface area contributed by atoms with Crippen molar-refractivity contribution < 1.29 is 4.74 Å². The smallest absolute Gasteiger partial charge is 0.0814 e. The highest BCUT2D eigenvalue weighted by Crippen LogP contribution is 2.36. The van der Waals surface area contributed by atoms with Crippen molar-refractivity contribution in [3.8, 4) is 0 Å². The van der Waals surface area contributed by atoms with E-state index in [0.29, 0.717) is 0 Å². The summed E-state index contributed by atoms with van der Waals surface area (Å²) >= 11 is 0. The van der Waals surface area contributed by atoms with Gasteiger partial charge in [0.1, 0.15) is 0 Å². The van der Waals surface area contributed by atoms with Crippen molar-refractivity contribution in [3.63, 3.8) is 0 Å². The second kappa shape index (κ2) is 4.42. The van der Waals surface area contributed by atoms with E-state index in [1.807, 2.05) is 0 Å². The van der Waals surface area contributed by atoms with E-state index >= 15 is 0 Å². The highest BCUT2D eigenvalue weighted by atomic mass is 16.5. The normalized spacial score (nSPS) is 36.4. The molecule has 1 aliphatic heterocycles. The lowest BCUT2D eigenvalue weighted by atomic mass is 9.88. The molecule has 1 saturated heterocycles. The summed E-state index contributed by atoms with van der Waals surface area (Å²) < 4.78 is 6.47. The molecule has 88 valence electrons. The third-order valence-electron chi connectivity index (χ3n) is 4.17. The molecule has 1 atom stereocenters. The van der Waals surface area contributed by atoms with Gasteiger partial charge in [0, 0.05) is 13.1 Å². The Morgan fingerprint density at radius 3 is 2.33 bits per heavy atom. The van der Waals surface area contributed by atoms with Crippen molar-refractivity contribution in [1.82, 2.24) is 5.32 Å². The minimum absolute atomic E-state index is 0.0720. The molecule has 0 aromatic rings. The van der Waals surface area contributed by atoms with Gasteiger partial charge in [-0.15, -0.1) is 0 Å². The number of ether oxygens (including phenoxy) is 1. The number of morpholine rings is 1. The predicted molar refractivity (Wildman–Crippen MR) is 63.1 cm³/mol. The highest BCUT2D eigenvalue weighted by Gasteiger charge is 2.41. The van der Waals surface area contributed by atoms with E-state index in [1.165, 1.54) is 38.5 Å². The summed E-state index contributed by atoms with van der Waals surface area (Å²) in [4.78, 5) is 0. The van der Waals surface area contributed by atoms with Gasteiger partial charge in [0.05, 0.1) is 11.2 Å². The average molecular weight is 211 g/mol. The second-order valence-electron chi connectivity index (χ2n) is 5.61. The Morgan fingerprint density at radius 1 is 1.07 bits per heavy atom. The van der Waals surface area contributed by atoms with E-state index in [-0.39, 0.29) is 11.2 Å². The summed E-state index contributed by atoms with van der Waals surface area (Å²) in [5.41, 5.74) is 0.238. The minimum atomic E-state index is 0.0720. The molecule has 0 aromatic heterocycles. The summed E-state index contributed by atoms with van der Waals surface area (Å²) in [6.07, 6.45) is 9.12. The van der Waals surface area contributed by atoms with E-state index in [1.54, 1.807) is 0 Å². The van der Waals surface area contributed by atoms with E-state index in [0.717, 1.165) is 19.5 Å². The third-order valence-corrected chi connectivity index (χ3v) is 4.17. The maximum absolute atomic E-state index is 6.47. The summed E-state index contributed by atoms with van der Waals surface area (Å²) in [6, 6.07) is 0. The Bertz CT molecular complexity index is 209. The standard InChI is InChI=1S/C13H25NO/c1-3-12(2)10-14-11-13(15-12)8-6-4-5-7-9-13/h14H,3-11H2,1-2H3. The zero-order valence-corrected chi connectivity index (χ0v) is 10.3. The Labute approximate surface area is 93.8 Å². The number of rotatable bonds is 1. The van der Waals surface area contributed by atoms with Crippen molar-refractivity contribution in [2.45, 2.75) is 70.0 Å². The van der Waals surface area contributed by atoms with Crippen LogP contribution < -0.4 is 5.32 Å². The second-order valence-corrected chi connectivity index (χ2v) is 5.61. The molecule has 0 radical (unpaired) electrons. The molecule has 1 unspecified atom stereocenters. The zero-order valence-electron chi connectivity index (χ0n) is 10.3. The molecule has 2 fully saturated rings. The first-order valence-corrected chi connectivity index (χ1v) is 6.59. The fourth-order valence-electron chi connectivity index (χ4n) is 3.00. The van der Waals surface area contributed by atoms with Crippen LogP contribution in [0.2, 0.25) is 0 Å². The SMILES string of the molecule is CCC1(C)CNCC2(CCCCCC2)O1. The van der Waals surface area contributed by atoms with Gasteiger partial charge in [-0.3, -0.25) is 0 Å². The first-order chi connectivity index (χ1) is 7.18. The Morgan fingerprint density at radius 2 is 1.73 bits per heavy atom. The van der Waals surface area contributed by atoms with Crippen LogP contribution in [0, 0.1) is 0 Å². The maximum atomic E-state index is 6.47. The topological polar surface area (TPSA) is 21.3 Å².